The zero-order valence-electron chi connectivity index (χ0n) is 13.0. The molecular formula is C15H33Si3. The highest BCUT2D eigenvalue weighted by molar-refractivity contribution is 7.39. The molecule has 0 unspecified atom stereocenters. The molecule has 0 aliphatic heterocycles. The molecule has 0 saturated heterocycles. The monoisotopic (exact) mass is 297 g/mol. The molecule has 0 aromatic rings. The van der Waals surface area contributed by atoms with Crippen molar-refractivity contribution in [3.63, 3.8) is 0 Å². The first-order valence-corrected chi connectivity index (χ1v) is 14.5. The molecular weight excluding hydrogens is 264 g/mol. The highest BCUT2D eigenvalue weighted by atomic mass is 29.6. The van der Waals surface area contributed by atoms with Crippen LogP contribution in [0.4, 0.5) is 0 Å². The fourth-order valence-electron chi connectivity index (χ4n) is 2.17. The average molecular weight is 298 g/mol. The van der Waals surface area contributed by atoms with Crippen LogP contribution in [0.2, 0.25) is 18.6 Å². The van der Waals surface area contributed by atoms with Crippen LogP contribution in [-0.4, -0.2) is 25.9 Å². The Balaban J connectivity index is 3.29. The maximum atomic E-state index is 2.46. The minimum atomic E-state index is 0.0920. The first-order chi connectivity index (χ1) is 8.85. The zero-order valence-corrected chi connectivity index (χ0v) is 16.0. The molecule has 0 aromatic carbocycles. The van der Waals surface area contributed by atoms with Crippen LogP contribution >= 0.6 is 0 Å². The van der Waals surface area contributed by atoms with Gasteiger partial charge in [0.25, 0.3) is 0 Å². The largest absolute Gasteiger partial charge is 0.0759 e. The molecule has 0 spiro atoms. The second kappa shape index (κ2) is 15.7. The third kappa shape index (κ3) is 13.1. The molecule has 0 nitrogen and oxygen atoms in total. The summed E-state index contributed by atoms with van der Waals surface area (Å²) in [6, 6.07) is 3.19. The molecule has 0 saturated carbocycles. The second-order valence-corrected chi connectivity index (χ2v) is 15.7. The lowest BCUT2D eigenvalue weighted by Crippen LogP contribution is -2.28. The van der Waals surface area contributed by atoms with Gasteiger partial charge in [-0.2, -0.15) is 0 Å². The van der Waals surface area contributed by atoms with Crippen molar-refractivity contribution in [1.29, 1.82) is 0 Å². The van der Waals surface area contributed by atoms with E-state index in [1.807, 2.05) is 0 Å². The summed E-state index contributed by atoms with van der Waals surface area (Å²) >= 11 is 0. The molecule has 0 rings (SSSR count). The minimum Gasteiger partial charge on any atom is -0.0759 e. The first-order valence-electron chi connectivity index (χ1n) is 8.12. The van der Waals surface area contributed by atoms with Gasteiger partial charge in [-0.3, -0.25) is 0 Å². The predicted octanol–water partition coefficient (Wildman–Crippen LogP) is 5.29. The van der Waals surface area contributed by atoms with E-state index in [2.05, 4.69) is 20.4 Å². The van der Waals surface area contributed by atoms with Crippen molar-refractivity contribution < 1.29 is 0 Å². The molecule has 18 heavy (non-hydrogen) atoms. The third-order valence-corrected chi connectivity index (χ3v) is 15.1. The van der Waals surface area contributed by atoms with Gasteiger partial charge in [-0.25, -0.2) is 0 Å². The summed E-state index contributed by atoms with van der Waals surface area (Å²) in [5.41, 5.74) is 0. The summed E-state index contributed by atoms with van der Waals surface area (Å²) in [4.78, 5) is 0. The average Bonchev–Trinajstić information content (AvgIpc) is 2.40. The van der Waals surface area contributed by atoms with E-state index in [0.717, 1.165) is 0 Å². The van der Waals surface area contributed by atoms with Crippen LogP contribution in [0.15, 0.2) is 0 Å². The summed E-state index contributed by atoms with van der Waals surface area (Å²) in [7, 11) is 2.74. The summed E-state index contributed by atoms with van der Waals surface area (Å²) in [6.07, 6.45) is 14.7. The Hall–Kier alpha value is 0.651. The summed E-state index contributed by atoms with van der Waals surface area (Å²) in [5.74, 6) is 0. The lowest BCUT2D eigenvalue weighted by molar-refractivity contribution is 0.654. The van der Waals surface area contributed by atoms with Crippen LogP contribution in [0.5, 0.6) is 0 Å². The van der Waals surface area contributed by atoms with Gasteiger partial charge in [-0.05, 0) is 0 Å². The fraction of sp³-hybridized carbons (Fsp3) is 1.00. The van der Waals surface area contributed by atoms with E-state index in [9.17, 15) is 0 Å². The van der Waals surface area contributed by atoms with Crippen molar-refractivity contribution in [2.75, 3.05) is 0 Å². The van der Waals surface area contributed by atoms with E-state index in [-0.39, 0.29) is 7.83 Å². The van der Waals surface area contributed by atoms with Gasteiger partial charge in [-0.1, -0.05) is 96.7 Å². The summed E-state index contributed by atoms with van der Waals surface area (Å²) in [6.45, 7) is 7.08. The van der Waals surface area contributed by atoms with Crippen LogP contribution < -0.4 is 0 Å². The van der Waals surface area contributed by atoms with E-state index in [0.29, 0.717) is 0 Å². The van der Waals surface area contributed by atoms with Gasteiger partial charge in [0.05, 0.1) is 0 Å². The van der Waals surface area contributed by atoms with E-state index >= 15 is 0 Å². The Labute approximate surface area is 123 Å². The molecule has 0 aliphatic carbocycles. The molecule has 0 aromatic heterocycles. The Kier molecular flexibility index (Phi) is 16.3. The maximum Gasteiger partial charge on any atom is 0.0222 e. The molecule has 0 heterocycles. The lowest BCUT2D eigenvalue weighted by atomic mass is 10.2. The zero-order chi connectivity index (χ0) is 13.5. The van der Waals surface area contributed by atoms with Gasteiger partial charge < -0.3 is 0 Å². The van der Waals surface area contributed by atoms with Crippen molar-refractivity contribution in [2.45, 2.75) is 96.7 Å². The SMILES string of the molecule is CCCCCCC[Si][Si](CCCCCCC)[Si]C. The molecule has 3 heteroatoms. The first kappa shape index (κ1) is 18.7. The van der Waals surface area contributed by atoms with Crippen LogP contribution in [0, 0.1) is 0 Å². The van der Waals surface area contributed by atoms with Gasteiger partial charge in [0.1, 0.15) is 0 Å². The van der Waals surface area contributed by atoms with Crippen molar-refractivity contribution in [1.82, 2.24) is 0 Å². The molecule has 5 radical (unpaired) electrons. The smallest absolute Gasteiger partial charge is 0.0222 e. The number of hydrogen-bond acceptors (Lipinski definition) is 0. The maximum absolute atomic E-state index is 2.46. The van der Waals surface area contributed by atoms with Crippen LogP contribution in [0.3, 0.4) is 0 Å². The second-order valence-electron chi connectivity index (χ2n) is 5.23. The van der Waals surface area contributed by atoms with Gasteiger partial charge in [-0.15, -0.1) is 0 Å². The Morgan fingerprint density at radius 2 is 1.28 bits per heavy atom. The molecule has 0 amide bonds. The third-order valence-electron chi connectivity index (χ3n) is 3.45. The van der Waals surface area contributed by atoms with Crippen molar-refractivity contribution in [2.24, 2.45) is 0 Å². The van der Waals surface area contributed by atoms with E-state index in [1.54, 1.807) is 12.1 Å². The molecule has 0 atom stereocenters. The van der Waals surface area contributed by atoms with Crippen LogP contribution in [0.25, 0.3) is 0 Å². The van der Waals surface area contributed by atoms with Crippen LogP contribution in [0.1, 0.15) is 78.1 Å². The van der Waals surface area contributed by atoms with Gasteiger partial charge >= 0.3 is 0 Å². The van der Waals surface area contributed by atoms with Crippen LogP contribution in [-0.2, 0) is 0 Å². The highest BCUT2D eigenvalue weighted by Crippen LogP contribution is 2.09. The molecule has 0 aliphatic rings. The summed E-state index contributed by atoms with van der Waals surface area (Å²) < 4.78 is 0. The van der Waals surface area contributed by atoms with Crippen molar-refractivity contribution in [3.05, 3.63) is 0 Å². The predicted molar refractivity (Wildman–Crippen MR) is 90.3 cm³/mol. The molecule has 0 bridgehead atoms. The normalized spacial score (nSPS) is 11.3. The summed E-state index contributed by atoms with van der Waals surface area (Å²) in [5, 5.41) is 0. The van der Waals surface area contributed by atoms with Gasteiger partial charge in [0.2, 0.25) is 0 Å². The van der Waals surface area contributed by atoms with E-state index in [1.165, 1.54) is 82.3 Å². The quantitative estimate of drug-likeness (QED) is 0.302. The van der Waals surface area contributed by atoms with E-state index in [4.69, 9.17) is 0 Å². The van der Waals surface area contributed by atoms with Crippen molar-refractivity contribution in [3.8, 4) is 0 Å². The molecule has 0 fully saturated rings. The highest BCUT2D eigenvalue weighted by Gasteiger charge is 2.08. The Bertz CT molecular complexity index is 151. The molecule has 0 N–H and O–H groups in total. The topological polar surface area (TPSA) is 0 Å². The number of unbranched alkanes of at least 4 members (excludes halogenated alkanes) is 8. The Morgan fingerprint density at radius 3 is 1.83 bits per heavy atom. The van der Waals surface area contributed by atoms with Gasteiger partial charge in [0.15, 0.2) is 0 Å². The Morgan fingerprint density at radius 1 is 0.722 bits per heavy atom. The van der Waals surface area contributed by atoms with Crippen molar-refractivity contribution >= 4 is 25.9 Å². The van der Waals surface area contributed by atoms with E-state index < -0.39 is 0 Å². The number of rotatable bonds is 14. The number of hydrogen-bond donors (Lipinski definition) is 0. The fourth-order valence-corrected chi connectivity index (χ4v) is 11.1. The van der Waals surface area contributed by atoms with Gasteiger partial charge in [0, 0.05) is 25.9 Å². The minimum absolute atomic E-state index is 0.0920. The molecule has 105 valence electrons. The standard InChI is InChI=1S/C15H33Si3/c1-4-6-8-10-12-14-17-18(16-3)15-13-11-9-7-5-2/h4-15H2,1-3H3. The lowest BCUT2D eigenvalue weighted by Gasteiger charge is -2.11.